The predicted molar refractivity (Wildman–Crippen MR) is 72.3 cm³/mol. The van der Waals surface area contributed by atoms with Crippen molar-refractivity contribution in [3.8, 4) is 5.75 Å². The first-order valence-corrected chi connectivity index (χ1v) is 6.30. The zero-order valence-electron chi connectivity index (χ0n) is 11.1. The molecule has 0 bridgehead atoms. The van der Waals surface area contributed by atoms with E-state index in [0.29, 0.717) is 18.0 Å². The van der Waals surface area contributed by atoms with Crippen molar-refractivity contribution in [3.63, 3.8) is 0 Å². The quantitative estimate of drug-likeness (QED) is 0.595. The Kier molecular flexibility index (Phi) is 5.42. The highest BCUT2D eigenvalue weighted by molar-refractivity contribution is 5.68. The highest BCUT2D eigenvalue weighted by atomic mass is 16.6. The summed E-state index contributed by atoms with van der Waals surface area (Å²) in [4.78, 5) is 10.8. The van der Waals surface area contributed by atoms with E-state index in [1.54, 1.807) is 18.2 Å². The molecule has 0 heterocycles. The first kappa shape index (κ1) is 14.3. The molecule has 0 aliphatic heterocycles. The first-order valence-electron chi connectivity index (χ1n) is 6.30. The molecule has 0 radical (unpaired) electrons. The summed E-state index contributed by atoms with van der Waals surface area (Å²) < 4.78 is 5.31. The van der Waals surface area contributed by atoms with Gasteiger partial charge < -0.3 is 10.1 Å². The van der Waals surface area contributed by atoms with Gasteiger partial charge >= 0.3 is 5.69 Å². The van der Waals surface area contributed by atoms with E-state index >= 15 is 0 Å². The van der Waals surface area contributed by atoms with Gasteiger partial charge in [-0.3, -0.25) is 10.1 Å². The van der Waals surface area contributed by atoms with E-state index in [4.69, 9.17) is 4.74 Å². The summed E-state index contributed by atoms with van der Waals surface area (Å²) in [6, 6.07) is 5.35. The van der Waals surface area contributed by atoms with Crippen molar-refractivity contribution in [1.29, 1.82) is 0 Å². The minimum Gasteiger partial charge on any atom is -0.487 e. The van der Waals surface area contributed by atoms with Crippen molar-refractivity contribution in [2.75, 3.05) is 11.9 Å². The smallest absolute Gasteiger partial charge is 0.333 e. The number of nitro groups is 1. The van der Waals surface area contributed by atoms with Crippen LogP contribution >= 0.6 is 0 Å². The monoisotopic (exact) mass is 252 g/mol. The normalized spacial score (nSPS) is 10.4. The largest absolute Gasteiger partial charge is 0.487 e. The van der Waals surface area contributed by atoms with Crippen LogP contribution in [0.1, 0.15) is 33.6 Å². The second-order valence-electron chi connectivity index (χ2n) is 4.00. The van der Waals surface area contributed by atoms with Gasteiger partial charge in [0.25, 0.3) is 0 Å². The molecule has 1 N–H and O–H groups in total. The molecule has 0 atom stereocenters. The fourth-order valence-electron chi connectivity index (χ4n) is 1.81. The Morgan fingerprint density at radius 3 is 2.50 bits per heavy atom. The van der Waals surface area contributed by atoms with E-state index in [9.17, 15) is 10.1 Å². The summed E-state index contributed by atoms with van der Waals surface area (Å²) in [5.41, 5.74) is 0.547. The Labute approximate surface area is 107 Å². The Hall–Kier alpha value is -1.78. The van der Waals surface area contributed by atoms with E-state index in [1.807, 2.05) is 6.92 Å². The van der Waals surface area contributed by atoms with Crippen LogP contribution in [0.15, 0.2) is 18.2 Å². The lowest BCUT2D eigenvalue weighted by atomic mass is 10.1. The molecule has 0 aliphatic carbocycles. The second kappa shape index (κ2) is 6.83. The average molecular weight is 252 g/mol. The van der Waals surface area contributed by atoms with E-state index in [0.717, 1.165) is 12.8 Å². The Morgan fingerprint density at radius 2 is 2.00 bits per heavy atom. The number of benzene rings is 1. The summed E-state index contributed by atoms with van der Waals surface area (Å²) in [6.45, 7) is 6.33. The lowest BCUT2D eigenvalue weighted by molar-refractivity contribution is -0.385. The minimum atomic E-state index is -0.393. The number of rotatable bonds is 7. The molecule has 0 unspecified atom stereocenters. The topological polar surface area (TPSA) is 64.4 Å². The number of ether oxygens (including phenoxy) is 1. The molecule has 0 saturated heterocycles. The number of anilines is 1. The maximum atomic E-state index is 11.2. The standard InChI is InChI=1S/C13H20N2O3/c1-4-10(5-2)14-11-8-7-9-12(18-6-3)13(11)15(16)17/h7-10,14H,4-6H2,1-3H3. The number of nitro benzene ring substituents is 1. The van der Waals surface area contributed by atoms with Gasteiger partial charge in [0.2, 0.25) is 0 Å². The Balaban J connectivity index is 3.09. The second-order valence-corrected chi connectivity index (χ2v) is 4.00. The van der Waals surface area contributed by atoms with Gasteiger partial charge in [0.15, 0.2) is 5.75 Å². The third-order valence-electron chi connectivity index (χ3n) is 2.83. The zero-order chi connectivity index (χ0) is 13.5. The van der Waals surface area contributed by atoms with Crippen LogP contribution in [0.5, 0.6) is 5.75 Å². The van der Waals surface area contributed by atoms with E-state index < -0.39 is 4.92 Å². The van der Waals surface area contributed by atoms with Crippen LogP contribution in [0.2, 0.25) is 0 Å². The van der Waals surface area contributed by atoms with Gasteiger partial charge in [0.05, 0.1) is 11.5 Å². The van der Waals surface area contributed by atoms with Crippen LogP contribution < -0.4 is 10.1 Å². The Bertz CT molecular complexity index is 403. The Morgan fingerprint density at radius 1 is 1.33 bits per heavy atom. The molecule has 1 aromatic carbocycles. The number of nitrogens with zero attached hydrogens (tertiary/aromatic N) is 1. The van der Waals surface area contributed by atoms with Gasteiger partial charge in [-0.2, -0.15) is 0 Å². The summed E-state index contributed by atoms with van der Waals surface area (Å²) in [6.07, 6.45) is 1.85. The molecule has 0 saturated carbocycles. The summed E-state index contributed by atoms with van der Waals surface area (Å²) in [7, 11) is 0. The molecular formula is C13H20N2O3. The predicted octanol–water partition coefficient (Wildman–Crippen LogP) is 3.59. The fraction of sp³-hybridized carbons (Fsp3) is 0.538. The number of para-hydroxylation sites is 1. The molecule has 0 aromatic heterocycles. The SMILES string of the molecule is CCOc1cccc(NC(CC)CC)c1[N+](=O)[O-]. The van der Waals surface area contributed by atoms with Crippen LogP contribution in [0.25, 0.3) is 0 Å². The number of hydrogen-bond acceptors (Lipinski definition) is 4. The molecule has 100 valence electrons. The van der Waals surface area contributed by atoms with Gasteiger partial charge in [-0.15, -0.1) is 0 Å². The molecule has 5 heteroatoms. The van der Waals surface area contributed by atoms with Crippen molar-refractivity contribution < 1.29 is 9.66 Å². The van der Waals surface area contributed by atoms with Crippen molar-refractivity contribution in [2.45, 2.75) is 39.7 Å². The lowest BCUT2D eigenvalue weighted by Crippen LogP contribution is -2.18. The molecule has 5 nitrogen and oxygen atoms in total. The third kappa shape index (κ3) is 3.35. The average Bonchev–Trinajstić information content (AvgIpc) is 2.36. The molecule has 0 amide bonds. The van der Waals surface area contributed by atoms with Crippen molar-refractivity contribution in [1.82, 2.24) is 0 Å². The van der Waals surface area contributed by atoms with Gasteiger partial charge in [0, 0.05) is 6.04 Å². The van der Waals surface area contributed by atoms with Crippen molar-refractivity contribution >= 4 is 11.4 Å². The highest BCUT2D eigenvalue weighted by Gasteiger charge is 2.21. The lowest BCUT2D eigenvalue weighted by Gasteiger charge is -2.17. The van der Waals surface area contributed by atoms with Gasteiger partial charge in [-0.25, -0.2) is 0 Å². The molecule has 0 aliphatic rings. The van der Waals surface area contributed by atoms with E-state index in [2.05, 4.69) is 19.2 Å². The molecule has 1 rings (SSSR count). The van der Waals surface area contributed by atoms with E-state index in [-0.39, 0.29) is 11.7 Å². The summed E-state index contributed by atoms with van der Waals surface area (Å²) in [5, 5.41) is 14.4. The maximum Gasteiger partial charge on any atom is 0.333 e. The van der Waals surface area contributed by atoms with Gasteiger partial charge in [0.1, 0.15) is 5.69 Å². The first-order chi connectivity index (χ1) is 8.63. The molecule has 1 aromatic rings. The minimum absolute atomic E-state index is 0.0197. The third-order valence-corrected chi connectivity index (χ3v) is 2.83. The van der Waals surface area contributed by atoms with Crippen molar-refractivity contribution in [2.24, 2.45) is 0 Å². The molecular weight excluding hydrogens is 232 g/mol. The van der Waals surface area contributed by atoms with Crippen LogP contribution in [0.3, 0.4) is 0 Å². The maximum absolute atomic E-state index is 11.2. The van der Waals surface area contributed by atoms with Crippen molar-refractivity contribution in [3.05, 3.63) is 28.3 Å². The fourth-order valence-corrected chi connectivity index (χ4v) is 1.81. The van der Waals surface area contributed by atoms with E-state index in [1.165, 1.54) is 0 Å². The molecule has 0 spiro atoms. The molecule has 18 heavy (non-hydrogen) atoms. The van der Waals surface area contributed by atoms with Gasteiger partial charge in [-0.05, 0) is 31.9 Å². The van der Waals surface area contributed by atoms with Crippen LogP contribution in [-0.2, 0) is 0 Å². The van der Waals surface area contributed by atoms with Crippen LogP contribution in [-0.4, -0.2) is 17.6 Å². The van der Waals surface area contributed by atoms with Crippen LogP contribution in [0.4, 0.5) is 11.4 Å². The zero-order valence-corrected chi connectivity index (χ0v) is 11.1. The van der Waals surface area contributed by atoms with Crippen LogP contribution in [0, 0.1) is 10.1 Å². The number of nitrogens with one attached hydrogen (secondary N) is 1. The summed E-state index contributed by atoms with van der Waals surface area (Å²) in [5.74, 6) is 0.318. The summed E-state index contributed by atoms with van der Waals surface area (Å²) >= 11 is 0. The number of hydrogen-bond donors (Lipinski definition) is 1. The molecule has 0 fully saturated rings. The van der Waals surface area contributed by atoms with Gasteiger partial charge in [-0.1, -0.05) is 19.9 Å². The highest BCUT2D eigenvalue weighted by Crippen LogP contribution is 2.35.